The summed E-state index contributed by atoms with van der Waals surface area (Å²) < 4.78 is 5.87. The van der Waals surface area contributed by atoms with Gasteiger partial charge in [0.15, 0.2) is 0 Å². The third kappa shape index (κ3) is 3.76. The Hall–Kier alpha value is -0.0800. The fraction of sp³-hybridized carbons (Fsp3) is 1.00. The molecule has 0 heterocycles. The Labute approximate surface area is 94.8 Å². The lowest BCUT2D eigenvalue weighted by molar-refractivity contribution is -0.0102. The van der Waals surface area contributed by atoms with E-state index in [4.69, 9.17) is 4.74 Å². The van der Waals surface area contributed by atoms with Crippen molar-refractivity contribution < 1.29 is 4.74 Å². The maximum Gasteiger partial charge on any atom is 0.0730 e. The molecule has 1 fully saturated rings. The number of hydrogen-bond acceptors (Lipinski definition) is 2. The topological polar surface area (TPSA) is 21.3 Å². The van der Waals surface area contributed by atoms with Crippen LogP contribution in [0.3, 0.4) is 0 Å². The lowest BCUT2D eigenvalue weighted by atomic mass is 9.78. The van der Waals surface area contributed by atoms with Crippen molar-refractivity contribution in [2.24, 2.45) is 11.8 Å². The van der Waals surface area contributed by atoms with E-state index < -0.39 is 0 Å². The molecule has 15 heavy (non-hydrogen) atoms. The standard InChI is InChI=1S/C13H27NO/c1-5-14-12-8-7-11(10(3)4)9-13(12)15-6-2/h10-14H,5-9H2,1-4H3. The van der Waals surface area contributed by atoms with Crippen molar-refractivity contribution in [2.75, 3.05) is 13.2 Å². The van der Waals surface area contributed by atoms with Crippen LogP contribution in [0.5, 0.6) is 0 Å². The molecule has 2 nitrogen and oxygen atoms in total. The van der Waals surface area contributed by atoms with Crippen molar-refractivity contribution in [1.29, 1.82) is 0 Å². The first-order chi connectivity index (χ1) is 7.19. The second kappa shape index (κ2) is 6.49. The molecule has 1 rings (SSSR count). The van der Waals surface area contributed by atoms with Gasteiger partial charge >= 0.3 is 0 Å². The van der Waals surface area contributed by atoms with Crippen molar-refractivity contribution >= 4 is 0 Å². The fourth-order valence-electron chi connectivity index (χ4n) is 2.66. The number of hydrogen-bond donors (Lipinski definition) is 1. The largest absolute Gasteiger partial charge is 0.377 e. The molecule has 0 bridgehead atoms. The van der Waals surface area contributed by atoms with E-state index in [-0.39, 0.29) is 0 Å². The molecule has 0 spiro atoms. The first-order valence-corrected chi connectivity index (χ1v) is 6.54. The van der Waals surface area contributed by atoms with E-state index in [0.717, 1.165) is 25.0 Å². The first kappa shape index (κ1) is 13.0. The SMILES string of the molecule is CCNC1CCC(C(C)C)CC1OCC. The van der Waals surface area contributed by atoms with Crippen LogP contribution in [0.1, 0.15) is 47.0 Å². The van der Waals surface area contributed by atoms with E-state index in [1.165, 1.54) is 19.3 Å². The molecule has 3 unspecified atom stereocenters. The van der Waals surface area contributed by atoms with Crippen molar-refractivity contribution in [3.05, 3.63) is 0 Å². The highest BCUT2D eigenvalue weighted by atomic mass is 16.5. The maximum absolute atomic E-state index is 5.87. The van der Waals surface area contributed by atoms with Crippen LogP contribution < -0.4 is 5.32 Å². The maximum atomic E-state index is 5.87. The number of nitrogens with one attached hydrogen (secondary N) is 1. The Morgan fingerprint density at radius 2 is 2.00 bits per heavy atom. The molecular formula is C13H27NO. The van der Waals surface area contributed by atoms with Crippen molar-refractivity contribution in [3.63, 3.8) is 0 Å². The molecule has 0 radical (unpaired) electrons. The normalized spacial score (nSPS) is 32.2. The molecule has 0 aromatic heterocycles. The Morgan fingerprint density at radius 3 is 2.53 bits per heavy atom. The summed E-state index contributed by atoms with van der Waals surface area (Å²) in [5.41, 5.74) is 0. The summed E-state index contributed by atoms with van der Waals surface area (Å²) in [4.78, 5) is 0. The third-order valence-corrected chi connectivity index (χ3v) is 3.62. The van der Waals surface area contributed by atoms with Gasteiger partial charge < -0.3 is 10.1 Å². The van der Waals surface area contributed by atoms with E-state index in [2.05, 4.69) is 33.0 Å². The molecule has 0 aromatic carbocycles. The molecule has 1 saturated carbocycles. The van der Waals surface area contributed by atoms with Gasteiger partial charge in [-0.25, -0.2) is 0 Å². The monoisotopic (exact) mass is 213 g/mol. The van der Waals surface area contributed by atoms with E-state index in [1.807, 2.05) is 0 Å². The minimum Gasteiger partial charge on any atom is -0.377 e. The third-order valence-electron chi connectivity index (χ3n) is 3.62. The van der Waals surface area contributed by atoms with Gasteiger partial charge in [-0.05, 0) is 44.6 Å². The molecule has 0 amide bonds. The first-order valence-electron chi connectivity index (χ1n) is 6.54. The smallest absolute Gasteiger partial charge is 0.0730 e. The van der Waals surface area contributed by atoms with E-state index in [1.54, 1.807) is 0 Å². The van der Waals surface area contributed by atoms with Crippen LogP contribution in [0, 0.1) is 11.8 Å². The van der Waals surface area contributed by atoms with Gasteiger partial charge in [0.1, 0.15) is 0 Å². The van der Waals surface area contributed by atoms with Crippen LogP contribution in [0.2, 0.25) is 0 Å². The summed E-state index contributed by atoms with van der Waals surface area (Å²) in [6, 6.07) is 0.588. The molecule has 2 heteroatoms. The molecular weight excluding hydrogens is 186 g/mol. The average molecular weight is 213 g/mol. The lowest BCUT2D eigenvalue weighted by Crippen LogP contribution is -2.46. The van der Waals surface area contributed by atoms with Crippen LogP contribution in [0.25, 0.3) is 0 Å². The van der Waals surface area contributed by atoms with Crippen LogP contribution in [-0.4, -0.2) is 25.3 Å². The van der Waals surface area contributed by atoms with Crippen LogP contribution in [0.4, 0.5) is 0 Å². The lowest BCUT2D eigenvalue weighted by Gasteiger charge is -2.37. The Bertz CT molecular complexity index is 170. The zero-order valence-electron chi connectivity index (χ0n) is 10.8. The highest BCUT2D eigenvalue weighted by Gasteiger charge is 2.31. The second-order valence-corrected chi connectivity index (χ2v) is 4.98. The van der Waals surface area contributed by atoms with Crippen LogP contribution in [0.15, 0.2) is 0 Å². The van der Waals surface area contributed by atoms with Crippen LogP contribution in [-0.2, 0) is 4.74 Å². The summed E-state index contributed by atoms with van der Waals surface area (Å²) in [7, 11) is 0. The molecule has 0 aromatic rings. The van der Waals surface area contributed by atoms with Crippen molar-refractivity contribution in [3.8, 4) is 0 Å². The summed E-state index contributed by atoms with van der Waals surface area (Å²) in [6.07, 6.45) is 4.32. The molecule has 90 valence electrons. The van der Waals surface area contributed by atoms with Gasteiger partial charge in [0.2, 0.25) is 0 Å². The van der Waals surface area contributed by atoms with Crippen molar-refractivity contribution in [1.82, 2.24) is 5.32 Å². The highest BCUT2D eigenvalue weighted by Crippen LogP contribution is 2.31. The second-order valence-electron chi connectivity index (χ2n) is 4.98. The Kier molecular flexibility index (Phi) is 5.62. The van der Waals surface area contributed by atoms with Gasteiger partial charge in [0, 0.05) is 12.6 Å². The van der Waals surface area contributed by atoms with Gasteiger partial charge in [-0.1, -0.05) is 20.8 Å². The van der Waals surface area contributed by atoms with Crippen LogP contribution >= 0.6 is 0 Å². The van der Waals surface area contributed by atoms with Gasteiger partial charge in [0.05, 0.1) is 6.10 Å². The number of rotatable bonds is 5. The van der Waals surface area contributed by atoms with Gasteiger partial charge in [-0.15, -0.1) is 0 Å². The minimum absolute atomic E-state index is 0.441. The van der Waals surface area contributed by atoms with Gasteiger partial charge in [-0.2, -0.15) is 0 Å². The van der Waals surface area contributed by atoms with E-state index in [0.29, 0.717) is 12.1 Å². The molecule has 0 aliphatic heterocycles. The Morgan fingerprint density at radius 1 is 1.27 bits per heavy atom. The summed E-state index contributed by atoms with van der Waals surface area (Å²) in [5.74, 6) is 1.66. The highest BCUT2D eigenvalue weighted by molar-refractivity contribution is 4.86. The zero-order chi connectivity index (χ0) is 11.3. The molecule has 1 N–H and O–H groups in total. The zero-order valence-corrected chi connectivity index (χ0v) is 10.8. The molecule has 3 atom stereocenters. The predicted octanol–water partition coefficient (Wildman–Crippen LogP) is 2.83. The fourth-order valence-corrected chi connectivity index (χ4v) is 2.66. The summed E-state index contributed by atoms with van der Waals surface area (Å²) in [6.45, 7) is 10.8. The van der Waals surface area contributed by atoms with E-state index >= 15 is 0 Å². The summed E-state index contributed by atoms with van der Waals surface area (Å²) in [5, 5.41) is 3.55. The molecule has 1 aliphatic carbocycles. The predicted molar refractivity (Wildman–Crippen MR) is 65.1 cm³/mol. The average Bonchev–Trinajstić information content (AvgIpc) is 2.21. The molecule has 0 saturated heterocycles. The Balaban J connectivity index is 2.48. The quantitative estimate of drug-likeness (QED) is 0.758. The minimum atomic E-state index is 0.441. The summed E-state index contributed by atoms with van der Waals surface area (Å²) >= 11 is 0. The van der Waals surface area contributed by atoms with Gasteiger partial charge in [0.25, 0.3) is 0 Å². The number of ether oxygens (including phenoxy) is 1. The van der Waals surface area contributed by atoms with Crippen molar-refractivity contribution in [2.45, 2.75) is 59.1 Å². The van der Waals surface area contributed by atoms with E-state index in [9.17, 15) is 0 Å². The van der Waals surface area contributed by atoms with Gasteiger partial charge in [-0.3, -0.25) is 0 Å². The number of likely N-dealkylation sites (N-methyl/N-ethyl adjacent to an activating group) is 1. The molecule has 1 aliphatic rings.